The Labute approximate surface area is 228 Å². The maximum atomic E-state index is 4.84. The molecule has 5 aromatic rings. The zero-order valence-electron chi connectivity index (χ0n) is 22.3. The highest BCUT2D eigenvalue weighted by molar-refractivity contribution is 5.90. The van der Waals surface area contributed by atoms with E-state index in [-0.39, 0.29) is 0 Å². The van der Waals surface area contributed by atoms with Crippen LogP contribution in [0.1, 0.15) is 42.9 Å². The van der Waals surface area contributed by atoms with Gasteiger partial charge in [0.15, 0.2) is 11.5 Å². The molecule has 1 fully saturated rings. The average Bonchev–Trinajstić information content (AvgIpc) is 3.61. The summed E-state index contributed by atoms with van der Waals surface area (Å²) in [4.78, 5) is 19.9. The lowest BCUT2D eigenvalue weighted by Crippen LogP contribution is -2.29. The molecule has 4 aromatic heterocycles. The van der Waals surface area contributed by atoms with Crippen molar-refractivity contribution in [1.82, 2.24) is 30.1 Å². The molecule has 1 aliphatic heterocycles. The number of aromatic amines is 2. The van der Waals surface area contributed by atoms with E-state index in [2.05, 4.69) is 79.1 Å². The van der Waals surface area contributed by atoms with Crippen molar-refractivity contribution in [2.45, 2.75) is 39.0 Å². The lowest BCUT2D eigenvalue weighted by molar-refractivity contribution is 0.578. The molecule has 0 bridgehead atoms. The molecular weight excluding hydrogens is 482 g/mol. The van der Waals surface area contributed by atoms with Gasteiger partial charge in [0, 0.05) is 36.9 Å². The second-order valence-corrected chi connectivity index (χ2v) is 10.1. The van der Waals surface area contributed by atoms with Crippen LogP contribution in [0.5, 0.6) is 0 Å². The van der Waals surface area contributed by atoms with Gasteiger partial charge in [0.1, 0.15) is 11.2 Å². The van der Waals surface area contributed by atoms with Crippen LogP contribution in [0.2, 0.25) is 0 Å². The molecular formula is C32H33N7. The molecule has 1 aliphatic rings. The first-order valence-electron chi connectivity index (χ1n) is 13.7. The zero-order chi connectivity index (χ0) is 26.6. The smallest absolute Gasteiger partial charge is 0.180 e. The normalized spacial score (nSPS) is 14.8. The van der Waals surface area contributed by atoms with Crippen LogP contribution >= 0.6 is 0 Å². The third kappa shape index (κ3) is 5.25. The first-order chi connectivity index (χ1) is 19.2. The Morgan fingerprint density at radius 1 is 1.03 bits per heavy atom. The Balaban J connectivity index is 1.33. The molecule has 0 amide bonds. The summed E-state index contributed by atoms with van der Waals surface area (Å²) in [5.41, 5.74) is 7.95. The van der Waals surface area contributed by atoms with Gasteiger partial charge >= 0.3 is 0 Å². The maximum Gasteiger partial charge on any atom is 0.180 e. The summed E-state index contributed by atoms with van der Waals surface area (Å²) < 4.78 is 0. The van der Waals surface area contributed by atoms with Gasteiger partial charge in [-0.05, 0) is 79.5 Å². The van der Waals surface area contributed by atoms with Crippen molar-refractivity contribution in [1.29, 1.82) is 0 Å². The number of nitrogens with one attached hydrogen (secondary N) is 2. The van der Waals surface area contributed by atoms with Crippen molar-refractivity contribution in [3.05, 3.63) is 94.9 Å². The largest absolute Gasteiger partial charge is 0.370 e. The van der Waals surface area contributed by atoms with Gasteiger partial charge < -0.3 is 9.88 Å². The predicted molar refractivity (Wildman–Crippen MR) is 159 cm³/mol. The van der Waals surface area contributed by atoms with E-state index >= 15 is 0 Å². The van der Waals surface area contributed by atoms with Crippen LogP contribution in [0, 0.1) is 0 Å². The van der Waals surface area contributed by atoms with E-state index in [1.807, 2.05) is 37.7 Å². The van der Waals surface area contributed by atoms with Crippen LogP contribution in [0.3, 0.4) is 0 Å². The number of benzene rings is 1. The van der Waals surface area contributed by atoms with Crippen molar-refractivity contribution >= 4 is 34.6 Å². The summed E-state index contributed by atoms with van der Waals surface area (Å²) in [7, 11) is 0. The molecule has 0 unspecified atom stereocenters. The van der Waals surface area contributed by atoms with Crippen LogP contribution in [0.4, 0.5) is 5.69 Å². The minimum atomic E-state index is 0.695. The Kier molecular flexibility index (Phi) is 7.04. The first kappa shape index (κ1) is 24.8. The molecule has 7 nitrogen and oxygen atoms in total. The van der Waals surface area contributed by atoms with Gasteiger partial charge in [0.25, 0.3) is 0 Å². The molecule has 7 heteroatoms. The van der Waals surface area contributed by atoms with Crippen molar-refractivity contribution < 1.29 is 0 Å². The maximum absolute atomic E-state index is 4.84. The van der Waals surface area contributed by atoms with Gasteiger partial charge in [-0.3, -0.25) is 10.1 Å². The van der Waals surface area contributed by atoms with Crippen LogP contribution in [-0.4, -0.2) is 43.2 Å². The lowest BCUT2D eigenvalue weighted by Gasteiger charge is -2.28. The predicted octanol–water partition coefficient (Wildman–Crippen LogP) is 4.81. The highest BCUT2D eigenvalue weighted by Gasteiger charge is 2.18. The molecule has 0 radical (unpaired) electrons. The van der Waals surface area contributed by atoms with E-state index in [1.54, 1.807) is 0 Å². The molecule has 6 rings (SSSR count). The van der Waals surface area contributed by atoms with E-state index in [1.165, 1.54) is 30.4 Å². The number of nitrogens with zero attached hydrogens (tertiary/aromatic N) is 5. The molecule has 0 saturated carbocycles. The Bertz CT molecular complexity index is 1720. The molecule has 5 heterocycles. The van der Waals surface area contributed by atoms with Crippen molar-refractivity contribution in [2.75, 3.05) is 18.0 Å². The average molecular weight is 516 g/mol. The number of rotatable bonds is 7. The van der Waals surface area contributed by atoms with Crippen molar-refractivity contribution in [3.63, 3.8) is 0 Å². The molecule has 1 saturated heterocycles. The lowest BCUT2D eigenvalue weighted by atomic mass is 10.0. The van der Waals surface area contributed by atoms with Gasteiger partial charge in [-0.2, -0.15) is 5.10 Å². The fourth-order valence-electron chi connectivity index (χ4n) is 5.31. The summed E-state index contributed by atoms with van der Waals surface area (Å²) in [6.45, 7) is 8.50. The van der Waals surface area contributed by atoms with Gasteiger partial charge in [-0.1, -0.05) is 43.0 Å². The standard InChI is InChI=1S/C32H33N7/c1-3-27-26(18-22(2)25-19-24(20-33-21-25)13-12-23-10-6-4-7-11-23)29(38-37-27)32-35-30-28(14-15-34-31(30)36-32)39-16-8-5-9-17-39/h3-4,6-7,10-11,14-15,18-21,37H,2,5,8-9,12-13,16-17H2,1H3,(H,34,35,36)/b26-18+,27-3+. The summed E-state index contributed by atoms with van der Waals surface area (Å²) in [5.74, 6) is 0.695. The van der Waals surface area contributed by atoms with Gasteiger partial charge in [-0.15, -0.1) is 0 Å². The number of allylic oxidation sites excluding steroid dienone is 1. The topological polar surface area (TPSA) is 86.4 Å². The second kappa shape index (κ2) is 11.1. The number of imidazole rings is 1. The third-order valence-corrected chi connectivity index (χ3v) is 7.44. The highest BCUT2D eigenvalue weighted by atomic mass is 15.2. The molecule has 196 valence electrons. The fraction of sp³-hybridized carbons (Fsp3) is 0.250. The Hall–Kier alpha value is -4.52. The molecule has 0 aliphatic carbocycles. The van der Waals surface area contributed by atoms with Gasteiger partial charge in [0.05, 0.1) is 11.0 Å². The molecule has 0 atom stereocenters. The monoisotopic (exact) mass is 515 g/mol. The summed E-state index contributed by atoms with van der Waals surface area (Å²) in [6.07, 6.45) is 15.4. The SMILES string of the molecule is C=C(/C=c1/c(-c2nc3nccc(N4CCCCC4)c3[nH]2)n[nH]/c1=C/C)c1cncc(CCc2ccccc2)c1. The minimum absolute atomic E-state index is 0.695. The Morgan fingerprint density at radius 3 is 2.67 bits per heavy atom. The number of H-pyrrole nitrogens is 2. The summed E-state index contributed by atoms with van der Waals surface area (Å²) in [6, 6.07) is 14.8. The van der Waals surface area contributed by atoms with E-state index in [0.29, 0.717) is 11.5 Å². The van der Waals surface area contributed by atoms with Crippen LogP contribution < -0.4 is 15.5 Å². The third-order valence-electron chi connectivity index (χ3n) is 7.44. The molecule has 0 spiro atoms. The van der Waals surface area contributed by atoms with E-state index in [4.69, 9.17) is 4.98 Å². The Morgan fingerprint density at radius 2 is 1.85 bits per heavy atom. The van der Waals surface area contributed by atoms with Crippen LogP contribution in [0.15, 0.2) is 67.6 Å². The molecule has 39 heavy (non-hydrogen) atoms. The minimum Gasteiger partial charge on any atom is -0.370 e. The number of pyridine rings is 2. The second-order valence-electron chi connectivity index (χ2n) is 10.1. The van der Waals surface area contributed by atoms with E-state index < -0.39 is 0 Å². The van der Waals surface area contributed by atoms with Crippen LogP contribution in [0.25, 0.3) is 40.4 Å². The van der Waals surface area contributed by atoms with E-state index in [0.717, 1.165) is 64.5 Å². The van der Waals surface area contributed by atoms with Crippen molar-refractivity contribution in [2.24, 2.45) is 0 Å². The number of fused-ring (bicyclic) bond motifs is 1. The fourth-order valence-corrected chi connectivity index (χ4v) is 5.31. The molecule has 2 N–H and O–H groups in total. The number of hydrogen-bond donors (Lipinski definition) is 2. The quantitative estimate of drug-likeness (QED) is 0.325. The van der Waals surface area contributed by atoms with Gasteiger partial charge in [-0.25, -0.2) is 9.97 Å². The number of anilines is 1. The number of hydrogen-bond acceptors (Lipinski definition) is 5. The summed E-state index contributed by atoms with van der Waals surface area (Å²) in [5, 5.41) is 9.67. The zero-order valence-corrected chi connectivity index (χ0v) is 22.3. The van der Waals surface area contributed by atoms with Crippen molar-refractivity contribution in [3.8, 4) is 11.5 Å². The number of aromatic nitrogens is 6. The highest BCUT2D eigenvalue weighted by Crippen LogP contribution is 2.28. The van der Waals surface area contributed by atoms with E-state index in [9.17, 15) is 0 Å². The summed E-state index contributed by atoms with van der Waals surface area (Å²) >= 11 is 0. The number of piperidine rings is 1. The van der Waals surface area contributed by atoms with Gasteiger partial charge in [0.2, 0.25) is 0 Å². The first-order valence-corrected chi connectivity index (χ1v) is 13.7. The number of aryl methyl sites for hydroxylation is 2. The van der Waals surface area contributed by atoms with Crippen LogP contribution in [-0.2, 0) is 12.8 Å². The molecule has 1 aromatic carbocycles.